The van der Waals surface area contributed by atoms with Crippen molar-refractivity contribution < 1.29 is 19.8 Å². The first kappa shape index (κ1) is 12.1. The van der Waals surface area contributed by atoms with Crippen LogP contribution in [-0.2, 0) is 0 Å². The van der Waals surface area contributed by atoms with E-state index in [1.165, 1.54) is 0 Å². The Balaban J connectivity index is 2.53. The van der Waals surface area contributed by atoms with Crippen molar-refractivity contribution in [2.45, 2.75) is 0 Å². The molecule has 92 valence electrons. The minimum atomic E-state index is -1.40. The molecule has 0 aliphatic rings. The third-order valence-corrected chi connectivity index (χ3v) is 2.49. The van der Waals surface area contributed by atoms with E-state index in [1.54, 1.807) is 24.3 Å². The van der Waals surface area contributed by atoms with Crippen LogP contribution < -0.4 is 0 Å². The van der Waals surface area contributed by atoms with Crippen molar-refractivity contribution >= 4 is 23.5 Å². The first-order valence-electron chi connectivity index (χ1n) is 4.81. The number of nitrogens with zero attached hydrogens (tertiary/aromatic N) is 1. The number of aromatic carboxylic acids is 2. The van der Waals surface area contributed by atoms with E-state index < -0.39 is 23.3 Å². The van der Waals surface area contributed by atoms with E-state index in [1.807, 2.05) is 0 Å². The summed E-state index contributed by atoms with van der Waals surface area (Å²) in [4.78, 5) is 27.9. The molecule has 6 nitrogen and oxygen atoms in total. The number of aromatic amines is 1. The van der Waals surface area contributed by atoms with Gasteiger partial charge in [-0.15, -0.1) is 0 Å². The molecule has 2 aromatic rings. The second-order valence-electron chi connectivity index (χ2n) is 3.43. The highest BCUT2D eigenvalue weighted by atomic mass is 35.5. The van der Waals surface area contributed by atoms with Gasteiger partial charge in [0.2, 0.25) is 0 Å². The van der Waals surface area contributed by atoms with Gasteiger partial charge in [-0.2, -0.15) is 0 Å². The lowest BCUT2D eigenvalue weighted by atomic mass is 10.2. The molecule has 7 heteroatoms. The fraction of sp³-hybridized carbons (Fsp3) is 0. The Hall–Kier alpha value is -2.34. The lowest BCUT2D eigenvalue weighted by Gasteiger charge is -1.95. The van der Waals surface area contributed by atoms with Crippen LogP contribution in [0.5, 0.6) is 0 Å². The molecule has 0 aliphatic heterocycles. The van der Waals surface area contributed by atoms with Gasteiger partial charge in [0.15, 0.2) is 11.4 Å². The number of halogens is 1. The highest BCUT2D eigenvalue weighted by molar-refractivity contribution is 6.30. The number of aromatic nitrogens is 2. The van der Waals surface area contributed by atoms with E-state index >= 15 is 0 Å². The number of benzene rings is 1. The predicted molar refractivity (Wildman–Crippen MR) is 63.0 cm³/mol. The van der Waals surface area contributed by atoms with E-state index in [-0.39, 0.29) is 5.82 Å². The van der Waals surface area contributed by atoms with Crippen molar-refractivity contribution in [2.24, 2.45) is 0 Å². The maximum atomic E-state index is 10.9. The molecule has 1 aromatic carbocycles. The molecule has 2 rings (SSSR count). The Labute approximate surface area is 106 Å². The molecule has 0 aliphatic carbocycles. The molecule has 1 heterocycles. The summed E-state index contributed by atoms with van der Waals surface area (Å²) < 4.78 is 0. The number of carbonyl (C=O) groups is 2. The zero-order valence-electron chi connectivity index (χ0n) is 8.85. The topological polar surface area (TPSA) is 103 Å². The fourth-order valence-corrected chi connectivity index (χ4v) is 1.55. The molecule has 1 aromatic heterocycles. The number of hydrogen-bond acceptors (Lipinski definition) is 3. The van der Waals surface area contributed by atoms with Gasteiger partial charge in [0.25, 0.3) is 0 Å². The SMILES string of the molecule is O=C(O)c1nc(-c2ccc(Cl)cc2)[nH]c1C(=O)O. The van der Waals surface area contributed by atoms with Crippen LogP contribution >= 0.6 is 11.6 Å². The van der Waals surface area contributed by atoms with E-state index in [2.05, 4.69) is 9.97 Å². The lowest BCUT2D eigenvalue weighted by molar-refractivity contribution is 0.0644. The summed E-state index contributed by atoms with van der Waals surface area (Å²) in [6, 6.07) is 6.41. The molecule has 0 unspecified atom stereocenters. The highest BCUT2D eigenvalue weighted by Gasteiger charge is 2.22. The second-order valence-corrected chi connectivity index (χ2v) is 3.86. The average molecular weight is 267 g/mol. The van der Waals surface area contributed by atoms with Crippen molar-refractivity contribution in [3.05, 3.63) is 40.7 Å². The van der Waals surface area contributed by atoms with Crippen molar-refractivity contribution in [1.29, 1.82) is 0 Å². The maximum Gasteiger partial charge on any atom is 0.357 e. The molecule has 0 radical (unpaired) electrons. The first-order valence-corrected chi connectivity index (χ1v) is 5.19. The summed E-state index contributed by atoms with van der Waals surface area (Å²) >= 11 is 5.72. The van der Waals surface area contributed by atoms with Crippen LogP contribution in [-0.4, -0.2) is 32.1 Å². The summed E-state index contributed by atoms with van der Waals surface area (Å²) in [6.07, 6.45) is 0. The zero-order chi connectivity index (χ0) is 13.3. The van der Waals surface area contributed by atoms with Gasteiger partial charge < -0.3 is 15.2 Å². The van der Waals surface area contributed by atoms with Crippen LogP contribution in [0.4, 0.5) is 0 Å². The van der Waals surface area contributed by atoms with Crippen molar-refractivity contribution in [3.63, 3.8) is 0 Å². The largest absolute Gasteiger partial charge is 0.477 e. The third kappa shape index (κ3) is 2.18. The Morgan fingerprint density at radius 2 is 1.72 bits per heavy atom. The number of carboxylic acids is 2. The van der Waals surface area contributed by atoms with Gasteiger partial charge >= 0.3 is 11.9 Å². The number of H-pyrrole nitrogens is 1. The molecular formula is C11H7ClN2O4. The highest BCUT2D eigenvalue weighted by Crippen LogP contribution is 2.20. The summed E-state index contributed by atoms with van der Waals surface area (Å²) in [5, 5.41) is 18.2. The quantitative estimate of drug-likeness (QED) is 0.789. The molecule has 0 amide bonds. The molecule has 18 heavy (non-hydrogen) atoms. The van der Waals surface area contributed by atoms with Crippen molar-refractivity contribution in [2.75, 3.05) is 0 Å². The molecule has 0 fully saturated rings. The molecular weight excluding hydrogens is 260 g/mol. The number of nitrogens with one attached hydrogen (secondary N) is 1. The summed E-state index contributed by atoms with van der Waals surface area (Å²) in [7, 11) is 0. The fourth-order valence-electron chi connectivity index (χ4n) is 1.43. The Morgan fingerprint density at radius 1 is 1.11 bits per heavy atom. The number of imidazole rings is 1. The summed E-state index contributed by atoms with van der Waals surface area (Å²) in [5.74, 6) is -2.61. The predicted octanol–water partition coefficient (Wildman–Crippen LogP) is 2.13. The van der Waals surface area contributed by atoms with E-state index in [4.69, 9.17) is 21.8 Å². The van der Waals surface area contributed by atoms with Crippen LogP contribution in [0.15, 0.2) is 24.3 Å². The van der Waals surface area contributed by atoms with Crippen molar-refractivity contribution in [1.82, 2.24) is 9.97 Å². The standard InChI is InChI=1S/C11H7ClN2O4/c12-6-3-1-5(2-4-6)9-13-7(10(15)16)8(14-9)11(17)18/h1-4H,(H,13,14)(H,15,16)(H,17,18). The number of rotatable bonds is 3. The van der Waals surface area contributed by atoms with Crippen LogP contribution in [0.3, 0.4) is 0 Å². The van der Waals surface area contributed by atoms with Gasteiger partial charge in [0.1, 0.15) is 5.82 Å². The van der Waals surface area contributed by atoms with Gasteiger partial charge in [-0.25, -0.2) is 14.6 Å². The lowest BCUT2D eigenvalue weighted by Crippen LogP contribution is -2.07. The minimum Gasteiger partial charge on any atom is -0.477 e. The van der Waals surface area contributed by atoms with Gasteiger partial charge in [-0.05, 0) is 24.3 Å². The van der Waals surface area contributed by atoms with Crippen molar-refractivity contribution in [3.8, 4) is 11.4 Å². The van der Waals surface area contributed by atoms with E-state index in [9.17, 15) is 9.59 Å². The van der Waals surface area contributed by atoms with Crippen LogP contribution in [0.25, 0.3) is 11.4 Å². The van der Waals surface area contributed by atoms with Gasteiger partial charge in [-0.1, -0.05) is 11.6 Å². The van der Waals surface area contributed by atoms with Gasteiger partial charge in [-0.3, -0.25) is 0 Å². The number of hydrogen-bond donors (Lipinski definition) is 3. The van der Waals surface area contributed by atoms with Crippen LogP contribution in [0, 0.1) is 0 Å². The Bertz CT molecular complexity index is 587. The molecule has 0 saturated carbocycles. The molecule has 0 atom stereocenters. The Morgan fingerprint density at radius 3 is 2.17 bits per heavy atom. The Kier molecular flexibility index (Phi) is 3.03. The molecule has 0 bridgehead atoms. The van der Waals surface area contributed by atoms with Gasteiger partial charge in [0, 0.05) is 10.6 Å². The van der Waals surface area contributed by atoms with Crippen LogP contribution in [0.1, 0.15) is 21.0 Å². The third-order valence-electron chi connectivity index (χ3n) is 2.24. The first-order chi connectivity index (χ1) is 8.49. The molecule has 3 N–H and O–H groups in total. The molecule has 0 saturated heterocycles. The average Bonchev–Trinajstić information content (AvgIpc) is 2.75. The smallest absolute Gasteiger partial charge is 0.357 e. The second kappa shape index (κ2) is 4.50. The normalized spacial score (nSPS) is 10.3. The number of carboxylic acid groups (broad SMARTS) is 2. The zero-order valence-corrected chi connectivity index (χ0v) is 9.60. The summed E-state index contributed by atoms with van der Waals surface area (Å²) in [6.45, 7) is 0. The summed E-state index contributed by atoms with van der Waals surface area (Å²) in [5.41, 5.74) is -0.422. The van der Waals surface area contributed by atoms with Gasteiger partial charge in [0.05, 0.1) is 0 Å². The maximum absolute atomic E-state index is 10.9. The minimum absolute atomic E-state index is 0.168. The monoisotopic (exact) mass is 266 g/mol. The van der Waals surface area contributed by atoms with E-state index in [0.29, 0.717) is 10.6 Å². The van der Waals surface area contributed by atoms with Crippen LogP contribution in [0.2, 0.25) is 5.02 Å². The molecule has 0 spiro atoms. The van der Waals surface area contributed by atoms with E-state index in [0.717, 1.165) is 0 Å².